The maximum atomic E-state index is 13.6. The summed E-state index contributed by atoms with van der Waals surface area (Å²) in [5.74, 6) is 0.0551. The lowest BCUT2D eigenvalue weighted by Crippen LogP contribution is -2.34. The van der Waals surface area contributed by atoms with Gasteiger partial charge in [-0.2, -0.15) is 0 Å². The van der Waals surface area contributed by atoms with Crippen LogP contribution in [0.2, 0.25) is 0 Å². The van der Waals surface area contributed by atoms with Gasteiger partial charge in [-0.25, -0.2) is 9.37 Å². The molecule has 1 fully saturated rings. The molecule has 2 aromatic heterocycles. The molecule has 0 spiro atoms. The Labute approximate surface area is 254 Å². The van der Waals surface area contributed by atoms with Gasteiger partial charge in [-0.15, -0.1) is 0 Å². The molecule has 3 N–H and O–H groups in total. The smallest absolute Gasteiger partial charge is 0.258 e. The molecule has 0 aliphatic carbocycles. The summed E-state index contributed by atoms with van der Waals surface area (Å²) < 4.78 is 28.8. The number of carbonyl (C=O) groups is 1. The third-order valence-electron chi connectivity index (χ3n) is 8.71. The molecule has 10 heteroatoms. The molecule has 8 nitrogen and oxygen atoms in total. The number of benzene rings is 3. The Bertz CT molecular complexity index is 2020. The van der Waals surface area contributed by atoms with Gasteiger partial charge in [0.2, 0.25) is 11.9 Å². The van der Waals surface area contributed by atoms with E-state index in [1.807, 2.05) is 80.1 Å². The molecule has 6 rings (SSSR count). The van der Waals surface area contributed by atoms with Crippen LogP contribution in [0.1, 0.15) is 29.7 Å². The lowest BCUT2D eigenvalue weighted by atomic mass is 10.0. The Morgan fingerprint density at radius 1 is 1.11 bits per heavy atom. The van der Waals surface area contributed by atoms with E-state index in [1.54, 1.807) is 6.07 Å². The van der Waals surface area contributed by atoms with Crippen LogP contribution in [0.15, 0.2) is 71.5 Å². The number of aromatic amines is 1. The number of pyridine rings is 1. The molecule has 3 aromatic carbocycles. The van der Waals surface area contributed by atoms with Gasteiger partial charge in [0.25, 0.3) is 5.56 Å². The number of fused-ring (bicyclic) bond motifs is 3. The summed E-state index contributed by atoms with van der Waals surface area (Å²) in [5, 5.41) is 8.48. The summed E-state index contributed by atoms with van der Waals surface area (Å²) in [6.07, 6.45) is 5.98. The van der Waals surface area contributed by atoms with Gasteiger partial charge in [0, 0.05) is 48.5 Å². The third-order valence-corrected chi connectivity index (χ3v) is 11.9. The summed E-state index contributed by atoms with van der Waals surface area (Å²) >= 11 is 0. The number of imidazole rings is 1. The first-order valence-electron chi connectivity index (χ1n) is 14.8. The largest absolute Gasteiger partial charge is 0.352 e. The molecular formula is C34H35FN5O3P. The number of nitrogens with zero attached hydrogens (tertiary/aromatic N) is 2. The second kappa shape index (κ2) is 11.9. The first-order valence-corrected chi connectivity index (χ1v) is 16.9. The predicted octanol–water partition coefficient (Wildman–Crippen LogP) is 6.14. The van der Waals surface area contributed by atoms with E-state index in [2.05, 4.69) is 20.6 Å². The van der Waals surface area contributed by atoms with E-state index in [0.29, 0.717) is 59.8 Å². The second-order valence-electron chi connectivity index (χ2n) is 11.5. The van der Waals surface area contributed by atoms with Gasteiger partial charge in [-0.1, -0.05) is 42.5 Å². The summed E-state index contributed by atoms with van der Waals surface area (Å²) in [6.45, 7) is 4.09. The fourth-order valence-electron chi connectivity index (χ4n) is 6.12. The monoisotopic (exact) mass is 611 g/mol. The van der Waals surface area contributed by atoms with Gasteiger partial charge < -0.3 is 24.7 Å². The Balaban J connectivity index is 1.15. The summed E-state index contributed by atoms with van der Waals surface area (Å²) in [4.78, 5) is 33.9. The number of H-pyrrole nitrogens is 1. The summed E-state index contributed by atoms with van der Waals surface area (Å²) in [5.41, 5.74) is 4.17. The van der Waals surface area contributed by atoms with Crippen LogP contribution in [-0.4, -0.2) is 39.3 Å². The number of aromatic nitrogens is 3. The zero-order chi connectivity index (χ0) is 31.0. The topological polar surface area (TPSA) is 109 Å². The van der Waals surface area contributed by atoms with Crippen LogP contribution in [0, 0.1) is 25.6 Å². The van der Waals surface area contributed by atoms with Crippen LogP contribution < -0.4 is 21.5 Å². The number of nitrogens with one attached hydrogen (secondary N) is 3. The molecule has 0 atom stereocenters. The van der Waals surface area contributed by atoms with Gasteiger partial charge in [0.1, 0.15) is 13.0 Å². The Kier molecular flexibility index (Phi) is 7.99. The first-order chi connectivity index (χ1) is 21.1. The minimum atomic E-state index is -2.43. The van der Waals surface area contributed by atoms with Gasteiger partial charge in [0.05, 0.1) is 16.4 Å². The molecule has 1 aliphatic rings. The molecule has 0 unspecified atom stereocenters. The number of aryl methyl sites for hydroxylation is 3. The minimum Gasteiger partial charge on any atom is -0.352 e. The van der Waals surface area contributed by atoms with Crippen LogP contribution in [0.4, 0.5) is 16.0 Å². The predicted molar refractivity (Wildman–Crippen MR) is 176 cm³/mol. The Morgan fingerprint density at radius 3 is 2.59 bits per heavy atom. The van der Waals surface area contributed by atoms with Crippen molar-refractivity contribution in [3.05, 3.63) is 99.7 Å². The zero-order valence-corrected chi connectivity index (χ0v) is 25.9. The molecular weight excluding hydrogens is 576 g/mol. The SMILES string of the molecule is Cc1cc(F)ccc1Nc1nc2ccc3c(C)c(/C=C/CNC(=O)[C@H]4CC[P@](=O)(c5ccccc5)CC4)[nH]c(=O)c3c2n1C. The van der Waals surface area contributed by atoms with Crippen LogP contribution >= 0.6 is 7.14 Å². The molecule has 5 aromatic rings. The van der Waals surface area contributed by atoms with Crippen LogP contribution in [-0.2, 0) is 16.4 Å². The molecule has 0 radical (unpaired) electrons. The van der Waals surface area contributed by atoms with E-state index in [1.165, 1.54) is 12.1 Å². The molecule has 0 saturated carbocycles. The van der Waals surface area contributed by atoms with Gasteiger partial charge >= 0.3 is 0 Å². The fraction of sp³-hybridized carbons (Fsp3) is 0.265. The van der Waals surface area contributed by atoms with Crippen molar-refractivity contribution >= 4 is 57.9 Å². The summed E-state index contributed by atoms with van der Waals surface area (Å²) in [6, 6.07) is 17.9. The first kappa shape index (κ1) is 29.6. The van der Waals surface area contributed by atoms with E-state index < -0.39 is 7.14 Å². The van der Waals surface area contributed by atoms with Crippen molar-refractivity contribution < 1.29 is 13.8 Å². The fourth-order valence-corrected chi connectivity index (χ4v) is 9.04. The lowest BCUT2D eigenvalue weighted by Gasteiger charge is -2.28. The highest BCUT2D eigenvalue weighted by Crippen LogP contribution is 2.50. The number of hydrogen-bond donors (Lipinski definition) is 3. The molecule has 44 heavy (non-hydrogen) atoms. The number of carbonyl (C=O) groups excluding carboxylic acids is 1. The third kappa shape index (κ3) is 5.60. The number of halogens is 1. The maximum Gasteiger partial charge on any atom is 0.258 e. The zero-order valence-electron chi connectivity index (χ0n) is 25.0. The van der Waals surface area contributed by atoms with Crippen LogP contribution in [0.5, 0.6) is 0 Å². The highest BCUT2D eigenvalue weighted by atomic mass is 31.2. The van der Waals surface area contributed by atoms with E-state index in [-0.39, 0.29) is 23.2 Å². The van der Waals surface area contributed by atoms with Crippen molar-refractivity contribution in [2.75, 3.05) is 24.2 Å². The number of rotatable bonds is 7. The average molecular weight is 612 g/mol. The Hall–Kier alpha value is -4.49. The van der Waals surface area contributed by atoms with Crippen molar-refractivity contribution in [2.45, 2.75) is 26.7 Å². The van der Waals surface area contributed by atoms with E-state index in [4.69, 9.17) is 0 Å². The summed E-state index contributed by atoms with van der Waals surface area (Å²) in [7, 11) is -0.590. The van der Waals surface area contributed by atoms with Crippen molar-refractivity contribution in [1.82, 2.24) is 19.9 Å². The standard InChI is InChI=1S/C34H35FN5O3P/c1-21-20-24(35)11-13-27(21)38-34-39-29-14-12-26-22(2)28(37-33(42)30(26)31(29)40(34)3)10-7-17-36-32(41)23-15-18-44(43,19-16-23)25-8-5-4-6-9-25/h4-14,20,23H,15-19H2,1-3H3,(H,36,41)(H,37,42)(H,38,39)/b10-7+/t23-,44+. The second-order valence-corrected chi connectivity index (χ2v) is 14.7. The molecule has 3 heterocycles. The van der Waals surface area contributed by atoms with Crippen molar-refractivity contribution in [3.8, 4) is 0 Å². The maximum absolute atomic E-state index is 13.6. The lowest BCUT2D eigenvalue weighted by molar-refractivity contribution is -0.125. The molecule has 1 amide bonds. The minimum absolute atomic E-state index is 0.0310. The van der Waals surface area contributed by atoms with Crippen molar-refractivity contribution in [2.24, 2.45) is 13.0 Å². The quantitative estimate of drug-likeness (QED) is 0.192. The number of anilines is 2. The van der Waals surface area contributed by atoms with Crippen molar-refractivity contribution in [3.63, 3.8) is 0 Å². The Morgan fingerprint density at radius 2 is 1.86 bits per heavy atom. The number of amides is 1. The average Bonchev–Trinajstić information content (AvgIpc) is 3.34. The van der Waals surface area contributed by atoms with Crippen LogP contribution in [0.3, 0.4) is 0 Å². The van der Waals surface area contributed by atoms with Gasteiger partial charge in [-0.05, 0) is 73.5 Å². The molecule has 226 valence electrons. The normalized spacial score (nSPS) is 18.7. The van der Waals surface area contributed by atoms with E-state index >= 15 is 0 Å². The number of hydrogen-bond acceptors (Lipinski definition) is 5. The molecule has 1 saturated heterocycles. The highest BCUT2D eigenvalue weighted by Gasteiger charge is 2.34. The van der Waals surface area contributed by atoms with Gasteiger partial charge in [-0.3, -0.25) is 9.59 Å². The van der Waals surface area contributed by atoms with Crippen LogP contribution in [0.25, 0.3) is 27.9 Å². The van der Waals surface area contributed by atoms with E-state index in [9.17, 15) is 18.5 Å². The van der Waals surface area contributed by atoms with E-state index in [0.717, 1.165) is 27.5 Å². The highest BCUT2D eigenvalue weighted by molar-refractivity contribution is 7.71. The van der Waals surface area contributed by atoms with Gasteiger partial charge in [0.15, 0.2) is 0 Å². The molecule has 1 aliphatic heterocycles. The molecule has 0 bridgehead atoms. The van der Waals surface area contributed by atoms with Crippen molar-refractivity contribution in [1.29, 1.82) is 0 Å².